The molecule has 0 aliphatic rings. The number of phosphoric acid groups is 2. The van der Waals surface area contributed by atoms with E-state index in [0.717, 1.165) is 102 Å². The SMILES string of the molecule is CCCCCCCCCCCCCCCCCCCCCCCCC(=O)O[C@H](COC(=O)CCCCCCCCCCCCCCCCCCC(C)C)COP(=O)(O)OC[C@@H](O)COP(=O)(O)OC[C@@H](COC(=O)CCCCCCCCCC(C)C)OC(=O)CCCCCCCCCCCCCCCCC. The molecular weight excluding hydrogens is 1380 g/mol. The van der Waals surface area contributed by atoms with Gasteiger partial charge in [-0.2, -0.15) is 0 Å². The summed E-state index contributed by atoms with van der Waals surface area (Å²) in [6, 6.07) is 0. The zero-order valence-electron chi connectivity index (χ0n) is 69.7. The highest BCUT2D eigenvalue weighted by Crippen LogP contribution is 2.45. The van der Waals surface area contributed by atoms with E-state index in [2.05, 4.69) is 41.5 Å². The van der Waals surface area contributed by atoms with E-state index in [1.54, 1.807) is 0 Å². The van der Waals surface area contributed by atoms with E-state index in [9.17, 15) is 43.2 Å². The Kier molecular flexibility index (Phi) is 76.9. The van der Waals surface area contributed by atoms with Crippen LogP contribution in [0.15, 0.2) is 0 Å². The van der Waals surface area contributed by atoms with Crippen molar-refractivity contribution >= 4 is 39.5 Å². The Balaban J connectivity index is 5.21. The van der Waals surface area contributed by atoms with Gasteiger partial charge in [-0.3, -0.25) is 37.3 Å². The average molecular weight is 1550 g/mol. The predicted octanol–water partition coefficient (Wildman–Crippen LogP) is 26.6. The van der Waals surface area contributed by atoms with E-state index in [-0.39, 0.29) is 25.7 Å². The van der Waals surface area contributed by atoms with Crippen molar-refractivity contribution in [2.75, 3.05) is 39.6 Å². The summed E-state index contributed by atoms with van der Waals surface area (Å²) in [5, 5.41) is 10.7. The fraction of sp³-hybridized carbons (Fsp3) is 0.954. The van der Waals surface area contributed by atoms with Gasteiger partial charge in [-0.1, -0.05) is 414 Å². The molecule has 0 aliphatic heterocycles. The number of aliphatic hydroxyl groups is 1. The molecule has 106 heavy (non-hydrogen) atoms. The van der Waals surface area contributed by atoms with Crippen LogP contribution >= 0.6 is 15.6 Å². The van der Waals surface area contributed by atoms with E-state index in [0.29, 0.717) is 31.6 Å². The molecule has 0 bridgehead atoms. The summed E-state index contributed by atoms with van der Waals surface area (Å²) in [4.78, 5) is 73.2. The molecule has 2 unspecified atom stereocenters. The minimum absolute atomic E-state index is 0.108. The van der Waals surface area contributed by atoms with Crippen molar-refractivity contribution in [1.29, 1.82) is 0 Å². The first-order valence-corrected chi connectivity index (χ1v) is 48.0. The molecule has 0 aromatic heterocycles. The number of esters is 4. The van der Waals surface area contributed by atoms with Gasteiger partial charge in [0.2, 0.25) is 0 Å². The van der Waals surface area contributed by atoms with Gasteiger partial charge in [0.15, 0.2) is 12.2 Å². The van der Waals surface area contributed by atoms with Crippen LogP contribution in [0.2, 0.25) is 0 Å². The van der Waals surface area contributed by atoms with Gasteiger partial charge in [0, 0.05) is 25.7 Å². The zero-order valence-corrected chi connectivity index (χ0v) is 71.5. The first kappa shape index (κ1) is 104. The fourth-order valence-electron chi connectivity index (χ4n) is 13.6. The van der Waals surface area contributed by atoms with Crippen LogP contribution in [0, 0.1) is 11.8 Å². The molecule has 630 valence electrons. The molecule has 5 atom stereocenters. The summed E-state index contributed by atoms with van der Waals surface area (Å²) in [5.74, 6) is -0.585. The maximum atomic E-state index is 13.2. The minimum Gasteiger partial charge on any atom is -0.462 e. The lowest BCUT2D eigenvalue weighted by atomic mass is 10.0. The Hall–Kier alpha value is -1.94. The third-order valence-corrected chi connectivity index (χ3v) is 22.4. The highest BCUT2D eigenvalue weighted by atomic mass is 31.2. The number of carbonyl (C=O) groups excluding carboxylic acids is 4. The Morgan fingerprint density at radius 3 is 0.642 bits per heavy atom. The van der Waals surface area contributed by atoms with E-state index < -0.39 is 97.5 Å². The Labute approximate surface area is 651 Å². The quantitative estimate of drug-likeness (QED) is 0.0222. The lowest BCUT2D eigenvalue weighted by molar-refractivity contribution is -0.161. The van der Waals surface area contributed by atoms with E-state index in [1.165, 1.54) is 276 Å². The van der Waals surface area contributed by atoms with Crippen molar-refractivity contribution in [1.82, 2.24) is 0 Å². The first-order valence-electron chi connectivity index (χ1n) is 45.0. The summed E-state index contributed by atoms with van der Waals surface area (Å²) in [7, 11) is -9.93. The molecule has 0 heterocycles. The fourth-order valence-corrected chi connectivity index (χ4v) is 15.2. The van der Waals surface area contributed by atoms with Crippen molar-refractivity contribution in [3.63, 3.8) is 0 Å². The number of carbonyl (C=O) groups is 4. The topological polar surface area (TPSA) is 237 Å². The van der Waals surface area contributed by atoms with Gasteiger partial charge in [-0.25, -0.2) is 9.13 Å². The number of rotatable bonds is 86. The highest BCUT2D eigenvalue weighted by Gasteiger charge is 2.30. The van der Waals surface area contributed by atoms with Crippen molar-refractivity contribution in [2.45, 2.75) is 484 Å². The summed E-state index contributed by atoms with van der Waals surface area (Å²) in [5.41, 5.74) is 0. The first-order chi connectivity index (χ1) is 51.4. The maximum Gasteiger partial charge on any atom is 0.472 e. The van der Waals surface area contributed by atoms with Crippen LogP contribution in [0.1, 0.15) is 465 Å². The lowest BCUT2D eigenvalue weighted by Crippen LogP contribution is -2.30. The average Bonchev–Trinajstić information content (AvgIpc) is 0.901. The monoisotopic (exact) mass is 1550 g/mol. The lowest BCUT2D eigenvalue weighted by Gasteiger charge is -2.21. The Bertz CT molecular complexity index is 2030. The van der Waals surface area contributed by atoms with Crippen molar-refractivity contribution < 1.29 is 80.2 Å². The third-order valence-electron chi connectivity index (χ3n) is 20.5. The third kappa shape index (κ3) is 80.1. The summed E-state index contributed by atoms with van der Waals surface area (Å²) in [6.07, 6.45) is 71.0. The predicted molar refractivity (Wildman–Crippen MR) is 437 cm³/mol. The second kappa shape index (κ2) is 78.3. The van der Waals surface area contributed by atoms with Crippen molar-refractivity contribution in [2.24, 2.45) is 11.8 Å². The van der Waals surface area contributed by atoms with Gasteiger partial charge >= 0.3 is 39.5 Å². The summed E-state index contributed by atoms with van der Waals surface area (Å²) < 4.78 is 68.9. The van der Waals surface area contributed by atoms with Crippen LogP contribution in [0.25, 0.3) is 0 Å². The number of aliphatic hydroxyl groups excluding tert-OH is 1. The molecule has 0 aromatic carbocycles. The number of ether oxygens (including phenoxy) is 4. The van der Waals surface area contributed by atoms with Crippen LogP contribution in [0.4, 0.5) is 0 Å². The largest absolute Gasteiger partial charge is 0.472 e. The number of unbranched alkanes of at least 4 members (excludes halogenated alkanes) is 56. The standard InChI is InChI=1S/C87H170O17P2/c1-7-9-11-13-15-17-19-21-23-24-25-26-27-28-29-35-39-43-47-53-60-66-72-86(91)103-82(75-97-84(89)69-63-57-51-45-41-37-34-31-30-33-36-40-44-49-55-61-67-79(3)4)77-101-105(93,94)99-73-81(88)74-100-106(95,96)102-78-83(76-98-85(90)70-64-58-54-48-50-56-62-68-80(5)6)104-87(92)71-65-59-52-46-42-38-32-22-20-18-16-14-12-10-8-2/h79-83,88H,7-78H2,1-6H3,(H,93,94)(H,95,96)/t81-,82-,83-/m1/s1. The molecule has 0 saturated carbocycles. The van der Waals surface area contributed by atoms with Gasteiger partial charge in [-0.15, -0.1) is 0 Å². The molecule has 0 aliphatic carbocycles. The number of hydrogen-bond acceptors (Lipinski definition) is 15. The minimum atomic E-state index is -4.97. The molecule has 19 heteroatoms. The Morgan fingerprint density at radius 2 is 0.434 bits per heavy atom. The molecule has 0 amide bonds. The molecule has 3 N–H and O–H groups in total. The number of hydrogen-bond donors (Lipinski definition) is 3. The van der Waals surface area contributed by atoms with Gasteiger partial charge in [0.05, 0.1) is 26.4 Å². The van der Waals surface area contributed by atoms with Crippen LogP contribution in [-0.4, -0.2) is 96.7 Å². The van der Waals surface area contributed by atoms with Crippen LogP contribution < -0.4 is 0 Å². The maximum absolute atomic E-state index is 13.2. The van der Waals surface area contributed by atoms with E-state index >= 15 is 0 Å². The molecule has 0 radical (unpaired) electrons. The van der Waals surface area contributed by atoms with Gasteiger partial charge in [0.25, 0.3) is 0 Å². The van der Waals surface area contributed by atoms with Crippen molar-refractivity contribution in [3.8, 4) is 0 Å². The van der Waals surface area contributed by atoms with Crippen LogP contribution in [-0.2, 0) is 65.4 Å². The summed E-state index contributed by atoms with van der Waals surface area (Å²) >= 11 is 0. The molecule has 0 fully saturated rings. The molecule has 0 aromatic rings. The normalized spacial score (nSPS) is 13.8. The molecular formula is C87H170O17P2. The Morgan fingerprint density at radius 1 is 0.255 bits per heavy atom. The van der Waals surface area contributed by atoms with Crippen LogP contribution in [0.3, 0.4) is 0 Å². The smallest absolute Gasteiger partial charge is 0.462 e. The molecule has 0 rings (SSSR count). The van der Waals surface area contributed by atoms with Gasteiger partial charge in [-0.05, 0) is 37.5 Å². The van der Waals surface area contributed by atoms with E-state index in [1.807, 2.05) is 0 Å². The molecule has 0 saturated heterocycles. The summed E-state index contributed by atoms with van der Waals surface area (Å²) in [6.45, 7) is 9.65. The van der Waals surface area contributed by atoms with Crippen LogP contribution in [0.5, 0.6) is 0 Å². The second-order valence-electron chi connectivity index (χ2n) is 32.2. The second-order valence-corrected chi connectivity index (χ2v) is 35.1. The van der Waals surface area contributed by atoms with Gasteiger partial charge in [0.1, 0.15) is 19.3 Å². The molecule has 17 nitrogen and oxygen atoms in total. The zero-order chi connectivity index (χ0) is 77.8. The van der Waals surface area contributed by atoms with E-state index in [4.69, 9.17) is 37.0 Å². The molecule has 0 spiro atoms. The van der Waals surface area contributed by atoms with Gasteiger partial charge < -0.3 is 33.8 Å². The highest BCUT2D eigenvalue weighted by molar-refractivity contribution is 7.47. The number of phosphoric ester groups is 2. The van der Waals surface area contributed by atoms with Crippen molar-refractivity contribution in [3.05, 3.63) is 0 Å².